The van der Waals surface area contributed by atoms with Crippen LogP contribution >= 0.6 is 0 Å². The van der Waals surface area contributed by atoms with Crippen molar-refractivity contribution in [2.75, 3.05) is 0 Å². The maximum Gasteiger partial charge on any atom is 0.0756 e. The van der Waals surface area contributed by atoms with Gasteiger partial charge in [0.05, 0.1) is 24.0 Å². The Morgan fingerprint density at radius 2 is 1.73 bits per heavy atom. The van der Waals surface area contributed by atoms with Gasteiger partial charge in [0.2, 0.25) is 0 Å². The number of aryl methyl sites for hydroxylation is 1. The van der Waals surface area contributed by atoms with Gasteiger partial charge in [-0.1, -0.05) is 54.6 Å². The van der Waals surface area contributed by atoms with Crippen LogP contribution in [0.25, 0.3) is 0 Å². The Kier molecular flexibility index (Phi) is 4.22. The molecule has 3 unspecified atom stereocenters. The fourth-order valence-electron chi connectivity index (χ4n) is 3.54. The first-order chi connectivity index (χ1) is 10.8. The lowest BCUT2D eigenvalue weighted by atomic mass is 9.69. The van der Waals surface area contributed by atoms with Gasteiger partial charge in [0, 0.05) is 0 Å². The molecule has 0 aromatic heterocycles. The molecule has 0 amide bonds. The summed E-state index contributed by atoms with van der Waals surface area (Å²) in [5, 5.41) is 19.3. The first-order valence-electron chi connectivity index (χ1n) is 7.74. The van der Waals surface area contributed by atoms with Crippen molar-refractivity contribution in [2.45, 2.75) is 25.2 Å². The molecule has 22 heavy (non-hydrogen) atoms. The van der Waals surface area contributed by atoms with Gasteiger partial charge >= 0.3 is 0 Å². The Bertz CT molecular complexity index is 721. The van der Waals surface area contributed by atoms with E-state index in [0.717, 1.165) is 24.8 Å². The molecule has 2 heteroatoms. The van der Waals surface area contributed by atoms with Crippen LogP contribution in [0, 0.1) is 34.5 Å². The highest BCUT2D eigenvalue weighted by Gasteiger charge is 2.35. The van der Waals surface area contributed by atoms with Crippen LogP contribution in [-0.2, 0) is 12.8 Å². The number of benzene rings is 2. The van der Waals surface area contributed by atoms with E-state index >= 15 is 0 Å². The normalized spacial score (nSPS) is 21.2. The topological polar surface area (TPSA) is 47.6 Å². The Morgan fingerprint density at radius 1 is 1.00 bits per heavy atom. The van der Waals surface area contributed by atoms with Crippen LogP contribution in [0.1, 0.15) is 29.0 Å². The van der Waals surface area contributed by atoms with Crippen molar-refractivity contribution in [3.05, 3.63) is 71.3 Å². The van der Waals surface area contributed by atoms with Crippen LogP contribution in [-0.4, -0.2) is 0 Å². The van der Waals surface area contributed by atoms with Gasteiger partial charge in [-0.2, -0.15) is 10.5 Å². The number of hydrogen-bond acceptors (Lipinski definition) is 2. The van der Waals surface area contributed by atoms with E-state index in [9.17, 15) is 10.5 Å². The number of fused-ring (bicyclic) bond motifs is 1. The molecule has 0 N–H and O–H groups in total. The second-order valence-corrected chi connectivity index (χ2v) is 5.93. The number of nitrogens with zero attached hydrogens (tertiary/aromatic N) is 2. The third-order valence-electron chi connectivity index (χ3n) is 4.69. The summed E-state index contributed by atoms with van der Waals surface area (Å²) in [6.45, 7) is 0. The van der Waals surface area contributed by atoms with Gasteiger partial charge in [-0.05, 0) is 41.9 Å². The zero-order valence-electron chi connectivity index (χ0n) is 12.4. The van der Waals surface area contributed by atoms with Crippen LogP contribution in [0.15, 0.2) is 54.6 Å². The molecule has 2 aromatic carbocycles. The molecule has 0 heterocycles. The minimum Gasteiger partial charge on any atom is -0.198 e. The Balaban J connectivity index is 1.87. The second-order valence-electron chi connectivity index (χ2n) is 5.93. The molecular formula is C20H18N2. The van der Waals surface area contributed by atoms with E-state index in [1.54, 1.807) is 0 Å². The monoisotopic (exact) mass is 286 g/mol. The van der Waals surface area contributed by atoms with Crippen LogP contribution in [0.3, 0.4) is 0 Å². The third kappa shape index (κ3) is 2.74. The molecule has 2 nitrogen and oxygen atoms in total. The number of hydrogen-bond donors (Lipinski definition) is 0. The summed E-state index contributed by atoms with van der Waals surface area (Å²) in [5.74, 6) is -0.163. The van der Waals surface area contributed by atoms with Crippen molar-refractivity contribution in [1.82, 2.24) is 0 Å². The zero-order chi connectivity index (χ0) is 15.4. The lowest BCUT2D eigenvalue weighted by Crippen LogP contribution is -2.27. The number of rotatable bonds is 3. The van der Waals surface area contributed by atoms with Crippen LogP contribution in [0.2, 0.25) is 0 Å². The second kappa shape index (κ2) is 6.46. The van der Waals surface area contributed by atoms with Crippen molar-refractivity contribution in [3.8, 4) is 12.1 Å². The van der Waals surface area contributed by atoms with E-state index in [2.05, 4.69) is 30.3 Å². The summed E-state index contributed by atoms with van der Waals surface area (Å²) in [7, 11) is 0. The Labute approximate surface area is 131 Å². The number of nitriles is 2. The molecule has 0 fully saturated rings. The molecule has 1 aliphatic carbocycles. The predicted molar refractivity (Wildman–Crippen MR) is 85.9 cm³/mol. The van der Waals surface area contributed by atoms with Gasteiger partial charge in [0.1, 0.15) is 0 Å². The molecule has 108 valence electrons. The van der Waals surface area contributed by atoms with E-state index < -0.39 is 0 Å². The van der Waals surface area contributed by atoms with E-state index in [0.29, 0.717) is 0 Å². The van der Waals surface area contributed by atoms with E-state index in [4.69, 9.17) is 0 Å². The zero-order valence-corrected chi connectivity index (χ0v) is 12.4. The molecule has 2 aromatic rings. The molecule has 3 atom stereocenters. The van der Waals surface area contributed by atoms with Crippen molar-refractivity contribution < 1.29 is 0 Å². The smallest absolute Gasteiger partial charge is 0.0756 e. The fraction of sp³-hybridized carbons (Fsp3) is 0.300. The van der Waals surface area contributed by atoms with Crippen LogP contribution in [0.5, 0.6) is 0 Å². The Hall–Kier alpha value is -2.58. The van der Waals surface area contributed by atoms with Crippen LogP contribution in [0.4, 0.5) is 0 Å². The lowest BCUT2D eigenvalue weighted by molar-refractivity contribution is 0.330. The van der Waals surface area contributed by atoms with Gasteiger partial charge in [0.25, 0.3) is 0 Å². The molecular weight excluding hydrogens is 268 g/mol. The van der Waals surface area contributed by atoms with Gasteiger partial charge in [-0.25, -0.2) is 0 Å². The van der Waals surface area contributed by atoms with Crippen molar-refractivity contribution in [3.63, 3.8) is 0 Å². The maximum atomic E-state index is 9.66. The van der Waals surface area contributed by atoms with E-state index in [-0.39, 0.29) is 17.8 Å². The molecule has 0 aliphatic heterocycles. The average molecular weight is 286 g/mol. The third-order valence-corrected chi connectivity index (χ3v) is 4.69. The highest BCUT2D eigenvalue weighted by molar-refractivity contribution is 5.37. The first-order valence-corrected chi connectivity index (χ1v) is 7.74. The summed E-state index contributed by atoms with van der Waals surface area (Å²) in [5.41, 5.74) is 3.56. The minimum absolute atomic E-state index is 0.111. The predicted octanol–water partition coefficient (Wildman–Crippen LogP) is 4.24. The minimum atomic E-state index is -0.168. The van der Waals surface area contributed by atoms with E-state index in [1.165, 1.54) is 11.1 Å². The molecule has 0 radical (unpaired) electrons. The summed E-state index contributed by atoms with van der Waals surface area (Å²) < 4.78 is 0. The Morgan fingerprint density at radius 3 is 2.45 bits per heavy atom. The summed E-state index contributed by atoms with van der Waals surface area (Å²) in [4.78, 5) is 0. The summed E-state index contributed by atoms with van der Waals surface area (Å²) in [6.07, 6.45) is 2.61. The quantitative estimate of drug-likeness (QED) is 0.847. The summed E-state index contributed by atoms with van der Waals surface area (Å²) in [6, 6.07) is 23.2. The lowest BCUT2D eigenvalue weighted by Gasteiger charge is -2.32. The SMILES string of the molecule is N#CC(Cc1ccccc1)C1CCc2ccccc2C1C#N. The maximum absolute atomic E-state index is 9.66. The van der Waals surface area contributed by atoms with Crippen molar-refractivity contribution in [1.29, 1.82) is 10.5 Å². The van der Waals surface area contributed by atoms with Crippen molar-refractivity contribution >= 4 is 0 Å². The molecule has 0 spiro atoms. The largest absolute Gasteiger partial charge is 0.198 e. The molecule has 3 rings (SSSR count). The van der Waals surface area contributed by atoms with Gasteiger partial charge < -0.3 is 0 Å². The van der Waals surface area contributed by atoms with E-state index in [1.807, 2.05) is 36.4 Å². The fourth-order valence-corrected chi connectivity index (χ4v) is 3.54. The standard InChI is InChI=1S/C20H18N2/c21-13-17(12-15-6-2-1-3-7-15)19-11-10-16-8-4-5-9-18(16)20(19)14-22/h1-9,17,19-20H,10-12H2. The highest BCUT2D eigenvalue weighted by atomic mass is 14.4. The van der Waals surface area contributed by atoms with Crippen LogP contribution < -0.4 is 0 Å². The summed E-state index contributed by atoms with van der Waals surface area (Å²) >= 11 is 0. The molecule has 0 saturated heterocycles. The van der Waals surface area contributed by atoms with Gasteiger partial charge in [-0.3, -0.25) is 0 Å². The van der Waals surface area contributed by atoms with Gasteiger partial charge in [0.15, 0.2) is 0 Å². The average Bonchev–Trinajstić information content (AvgIpc) is 2.59. The molecule has 1 aliphatic rings. The molecule has 0 saturated carbocycles. The molecule has 0 bridgehead atoms. The first kappa shape index (κ1) is 14.4. The van der Waals surface area contributed by atoms with Gasteiger partial charge in [-0.15, -0.1) is 0 Å². The van der Waals surface area contributed by atoms with Crippen molar-refractivity contribution in [2.24, 2.45) is 11.8 Å². The highest BCUT2D eigenvalue weighted by Crippen LogP contribution is 2.40.